The third-order valence-electron chi connectivity index (χ3n) is 4.23. The lowest BCUT2D eigenvalue weighted by molar-refractivity contribution is 0.257. The van der Waals surface area contributed by atoms with Gasteiger partial charge >= 0.3 is 6.03 Å². The molecule has 122 valence electrons. The Balaban J connectivity index is 1.63. The number of nitrogens with zero attached hydrogens (tertiary/aromatic N) is 4. The van der Waals surface area contributed by atoms with Crippen molar-refractivity contribution in [2.45, 2.75) is 20.3 Å². The Morgan fingerprint density at radius 1 is 1.33 bits per heavy atom. The van der Waals surface area contributed by atoms with Crippen molar-refractivity contribution in [2.75, 3.05) is 16.8 Å². The van der Waals surface area contributed by atoms with Gasteiger partial charge in [-0.05, 0) is 37.5 Å². The molecule has 0 spiro atoms. The first-order valence-electron chi connectivity index (χ1n) is 7.71. The summed E-state index contributed by atoms with van der Waals surface area (Å²) in [6, 6.07) is 2.90. The maximum atomic E-state index is 14.1. The first kappa shape index (κ1) is 14.6. The zero-order valence-corrected chi connectivity index (χ0v) is 13.4. The molecule has 4 rings (SSSR count). The average molecular weight is 325 g/mol. The van der Waals surface area contributed by atoms with E-state index in [1.807, 2.05) is 13.0 Å². The Labute approximate surface area is 138 Å². The van der Waals surface area contributed by atoms with Crippen LogP contribution in [0.2, 0.25) is 0 Å². The summed E-state index contributed by atoms with van der Waals surface area (Å²) in [6.07, 6.45) is 5.83. The Bertz CT molecular complexity index is 965. The van der Waals surface area contributed by atoms with Gasteiger partial charge in [0.15, 0.2) is 11.5 Å². The number of imidazole rings is 1. The number of aromatic nitrogens is 3. The van der Waals surface area contributed by atoms with Crippen molar-refractivity contribution in [3.63, 3.8) is 0 Å². The van der Waals surface area contributed by atoms with Gasteiger partial charge in [-0.2, -0.15) is 0 Å². The monoisotopic (exact) mass is 325 g/mol. The van der Waals surface area contributed by atoms with Crippen LogP contribution >= 0.6 is 0 Å². The molecular weight excluding hydrogens is 309 g/mol. The average Bonchev–Trinajstić information content (AvgIpc) is 3.11. The van der Waals surface area contributed by atoms with Gasteiger partial charge in [0.05, 0.1) is 11.4 Å². The van der Waals surface area contributed by atoms with Gasteiger partial charge in [-0.3, -0.25) is 4.90 Å². The summed E-state index contributed by atoms with van der Waals surface area (Å²) in [6.45, 7) is 4.36. The van der Waals surface area contributed by atoms with Crippen LogP contribution in [0.4, 0.5) is 20.7 Å². The van der Waals surface area contributed by atoms with Gasteiger partial charge < -0.3 is 9.72 Å². The summed E-state index contributed by atoms with van der Waals surface area (Å²) in [5, 5.41) is 2.74. The summed E-state index contributed by atoms with van der Waals surface area (Å²) in [5.41, 5.74) is 3.54. The number of rotatable bonds is 1. The number of anilines is 2. The predicted molar refractivity (Wildman–Crippen MR) is 88.9 cm³/mol. The van der Waals surface area contributed by atoms with Gasteiger partial charge in [0.1, 0.15) is 5.82 Å². The number of amides is 2. The van der Waals surface area contributed by atoms with Crippen molar-refractivity contribution >= 4 is 23.2 Å². The summed E-state index contributed by atoms with van der Waals surface area (Å²) >= 11 is 0. The minimum Gasteiger partial charge on any atom is -0.306 e. The molecule has 0 atom stereocenters. The second-order valence-electron chi connectivity index (χ2n) is 5.95. The van der Waals surface area contributed by atoms with E-state index >= 15 is 0 Å². The molecule has 1 N–H and O–H groups in total. The second kappa shape index (κ2) is 5.30. The normalized spacial score (nSPS) is 13.4. The molecule has 1 aliphatic heterocycles. The van der Waals surface area contributed by atoms with Crippen LogP contribution in [-0.4, -0.2) is 26.9 Å². The largest absolute Gasteiger partial charge is 0.327 e. The summed E-state index contributed by atoms with van der Waals surface area (Å²) in [7, 11) is 0. The van der Waals surface area contributed by atoms with E-state index in [-0.39, 0.29) is 11.7 Å². The molecule has 0 unspecified atom stereocenters. The van der Waals surface area contributed by atoms with Crippen LogP contribution in [0.3, 0.4) is 0 Å². The highest BCUT2D eigenvalue weighted by Crippen LogP contribution is 2.28. The topological polar surface area (TPSA) is 62.5 Å². The minimum atomic E-state index is -0.475. The van der Waals surface area contributed by atoms with E-state index in [1.54, 1.807) is 34.8 Å². The molecule has 0 fully saturated rings. The maximum absolute atomic E-state index is 14.1. The molecule has 0 bridgehead atoms. The summed E-state index contributed by atoms with van der Waals surface area (Å²) < 4.78 is 15.7. The van der Waals surface area contributed by atoms with E-state index in [0.717, 1.165) is 17.5 Å². The van der Waals surface area contributed by atoms with Crippen LogP contribution in [0.25, 0.3) is 5.65 Å². The molecule has 2 amide bonds. The number of aryl methyl sites for hydroxylation is 2. The van der Waals surface area contributed by atoms with Crippen LogP contribution in [0, 0.1) is 19.7 Å². The molecule has 0 aromatic carbocycles. The van der Waals surface area contributed by atoms with Crippen molar-refractivity contribution < 1.29 is 9.18 Å². The second-order valence-corrected chi connectivity index (χ2v) is 5.95. The van der Waals surface area contributed by atoms with Crippen LogP contribution in [0.15, 0.2) is 30.7 Å². The van der Waals surface area contributed by atoms with Crippen molar-refractivity contribution in [2.24, 2.45) is 0 Å². The number of hydrogen-bond donors (Lipinski definition) is 1. The van der Waals surface area contributed by atoms with Gasteiger partial charge in [-0.15, -0.1) is 0 Å². The Kier molecular flexibility index (Phi) is 3.23. The third-order valence-corrected chi connectivity index (χ3v) is 4.23. The minimum absolute atomic E-state index is 0.245. The first-order valence-corrected chi connectivity index (χ1v) is 7.71. The Morgan fingerprint density at radius 2 is 2.17 bits per heavy atom. The van der Waals surface area contributed by atoms with E-state index in [0.29, 0.717) is 23.7 Å². The third kappa shape index (κ3) is 2.29. The van der Waals surface area contributed by atoms with Gasteiger partial charge in [0.2, 0.25) is 0 Å². The van der Waals surface area contributed by atoms with E-state index in [9.17, 15) is 9.18 Å². The number of hydrogen-bond acceptors (Lipinski definition) is 3. The number of urea groups is 1. The highest BCUT2D eigenvalue weighted by Gasteiger charge is 2.27. The van der Waals surface area contributed by atoms with E-state index in [2.05, 4.69) is 15.3 Å². The van der Waals surface area contributed by atoms with Gasteiger partial charge in [-0.25, -0.2) is 19.2 Å². The fourth-order valence-corrected chi connectivity index (χ4v) is 3.08. The molecule has 0 aliphatic carbocycles. The molecule has 3 aromatic rings. The lowest BCUT2D eigenvalue weighted by atomic mass is 10.1. The first-order chi connectivity index (χ1) is 11.5. The SMILES string of the molecule is Cc1cn2cc(NC(=O)N3CCc4c(C)ccnc43)cc(F)c2n1. The van der Waals surface area contributed by atoms with E-state index in [4.69, 9.17) is 0 Å². The number of halogens is 1. The van der Waals surface area contributed by atoms with Crippen molar-refractivity contribution in [1.29, 1.82) is 0 Å². The highest BCUT2D eigenvalue weighted by atomic mass is 19.1. The molecule has 4 heterocycles. The van der Waals surface area contributed by atoms with E-state index < -0.39 is 5.82 Å². The number of carbonyl (C=O) groups excluding carboxylic acids is 1. The molecule has 0 saturated heterocycles. The molecule has 0 radical (unpaired) electrons. The van der Waals surface area contributed by atoms with E-state index in [1.165, 1.54) is 6.07 Å². The fourth-order valence-electron chi connectivity index (χ4n) is 3.08. The fraction of sp³-hybridized carbons (Fsp3) is 0.235. The number of pyridine rings is 2. The van der Waals surface area contributed by atoms with Crippen molar-refractivity contribution in [3.8, 4) is 0 Å². The maximum Gasteiger partial charge on any atom is 0.327 e. The number of nitrogens with one attached hydrogen (secondary N) is 1. The lowest BCUT2D eigenvalue weighted by Gasteiger charge is -2.17. The van der Waals surface area contributed by atoms with Crippen molar-refractivity contribution in [3.05, 3.63) is 53.4 Å². The predicted octanol–water partition coefficient (Wildman–Crippen LogP) is 3.08. The number of fused-ring (bicyclic) bond motifs is 2. The molecule has 7 heteroatoms. The smallest absolute Gasteiger partial charge is 0.306 e. The molecule has 1 aliphatic rings. The highest BCUT2D eigenvalue weighted by molar-refractivity contribution is 6.02. The summed E-state index contributed by atoms with van der Waals surface area (Å²) in [5.74, 6) is 0.198. The molecule has 0 saturated carbocycles. The van der Waals surface area contributed by atoms with Crippen LogP contribution in [0.5, 0.6) is 0 Å². The Hall–Kier alpha value is -2.96. The van der Waals surface area contributed by atoms with Gasteiger partial charge in [0, 0.05) is 31.2 Å². The van der Waals surface area contributed by atoms with Gasteiger partial charge in [-0.1, -0.05) is 0 Å². The molecule has 3 aromatic heterocycles. The van der Waals surface area contributed by atoms with Gasteiger partial charge in [0.25, 0.3) is 0 Å². The zero-order chi connectivity index (χ0) is 16.8. The zero-order valence-electron chi connectivity index (χ0n) is 13.4. The van der Waals surface area contributed by atoms with Crippen molar-refractivity contribution in [1.82, 2.24) is 14.4 Å². The molecular formula is C17H16FN5O. The molecule has 6 nitrogen and oxygen atoms in total. The van der Waals surface area contributed by atoms with Crippen LogP contribution < -0.4 is 10.2 Å². The van der Waals surface area contributed by atoms with Crippen LogP contribution in [-0.2, 0) is 6.42 Å². The van der Waals surface area contributed by atoms with Crippen LogP contribution in [0.1, 0.15) is 16.8 Å². The summed E-state index contributed by atoms with van der Waals surface area (Å²) in [4.78, 5) is 22.6. The number of carbonyl (C=O) groups is 1. The lowest BCUT2D eigenvalue weighted by Crippen LogP contribution is -2.34. The molecule has 24 heavy (non-hydrogen) atoms. The standard InChI is InChI=1S/C17H16FN5O/c1-10-3-5-19-15-13(10)4-6-23(15)17(24)21-12-7-14(18)16-20-11(2)8-22(16)9-12/h3,5,7-9H,4,6H2,1-2H3,(H,21,24). The Morgan fingerprint density at radius 3 is 3.00 bits per heavy atom. The quantitative estimate of drug-likeness (QED) is 0.748.